The highest BCUT2D eigenvalue weighted by Crippen LogP contribution is 2.42. The molecule has 0 fully saturated rings. The molecule has 0 bridgehead atoms. The molecular formula is C26H20F4N2O2S. The van der Waals surface area contributed by atoms with Crippen LogP contribution in [-0.2, 0) is 0 Å². The average molecular weight is 501 g/mol. The van der Waals surface area contributed by atoms with Crippen LogP contribution in [0.25, 0.3) is 21.3 Å². The second kappa shape index (κ2) is 8.96. The van der Waals surface area contributed by atoms with Crippen LogP contribution < -0.4 is 10.1 Å². The lowest BCUT2D eigenvalue weighted by atomic mass is 9.98. The van der Waals surface area contributed by atoms with E-state index in [2.05, 4.69) is 10.3 Å². The fourth-order valence-corrected chi connectivity index (χ4v) is 5.76. The molecule has 3 heterocycles. The summed E-state index contributed by atoms with van der Waals surface area (Å²) in [4.78, 5) is 18.2. The summed E-state index contributed by atoms with van der Waals surface area (Å²) < 4.78 is 62.4. The Kier molecular flexibility index (Phi) is 5.96. The first-order chi connectivity index (χ1) is 16.7. The number of aromatic nitrogens is 1. The van der Waals surface area contributed by atoms with Crippen molar-refractivity contribution in [3.05, 3.63) is 81.9 Å². The van der Waals surface area contributed by atoms with E-state index in [0.29, 0.717) is 51.1 Å². The van der Waals surface area contributed by atoms with Gasteiger partial charge in [0.15, 0.2) is 11.6 Å². The Morgan fingerprint density at radius 3 is 2.66 bits per heavy atom. The van der Waals surface area contributed by atoms with Gasteiger partial charge in [-0.2, -0.15) is 0 Å². The molecule has 4 aromatic rings. The fraction of sp³-hybridized carbons (Fsp3) is 0.231. The van der Waals surface area contributed by atoms with Crippen LogP contribution in [0.2, 0.25) is 0 Å². The van der Waals surface area contributed by atoms with Gasteiger partial charge >= 0.3 is 0 Å². The lowest BCUT2D eigenvalue weighted by molar-refractivity contribution is 0.0927. The summed E-state index contributed by atoms with van der Waals surface area (Å²) in [6.45, 7) is 4.16. The van der Waals surface area contributed by atoms with Gasteiger partial charge in [0.05, 0.1) is 27.7 Å². The van der Waals surface area contributed by atoms with E-state index in [0.717, 1.165) is 17.4 Å². The van der Waals surface area contributed by atoms with Gasteiger partial charge in [0.1, 0.15) is 17.4 Å². The molecule has 35 heavy (non-hydrogen) atoms. The number of hydrogen-bond acceptors (Lipinski definition) is 4. The number of halogens is 4. The lowest BCUT2D eigenvalue weighted by Gasteiger charge is -2.26. The Bertz CT molecular complexity index is 1470. The van der Waals surface area contributed by atoms with Crippen LogP contribution >= 0.6 is 11.3 Å². The quantitative estimate of drug-likeness (QED) is 0.245. The van der Waals surface area contributed by atoms with Gasteiger partial charge in [-0.1, -0.05) is 13.8 Å². The molecule has 1 atom stereocenters. The molecule has 1 aliphatic heterocycles. The van der Waals surface area contributed by atoms with Gasteiger partial charge in [0.2, 0.25) is 0 Å². The number of rotatable bonds is 4. The Morgan fingerprint density at radius 2 is 1.89 bits per heavy atom. The minimum atomic E-state index is -1.30. The van der Waals surface area contributed by atoms with Crippen LogP contribution in [-0.4, -0.2) is 17.5 Å². The summed E-state index contributed by atoms with van der Waals surface area (Å²) in [6, 6.07) is 6.59. The van der Waals surface area contributed by atoms with E-state index in [-0.39, 0.29) is 17.0 Å². The van der Waals surface area contributed by atoms with Crippen LogP contribution in [0.15, 0.2) is 42.6 Å². The summed E-state index contributed by atoms with van der Waals surface area (Å²) in [5.74, 6) is -3.82. The van der Waals surface area contributed by atoms with Crippen molar-refractivity contribution in [3.8, 4) is 16.9 Å². The number of benzene rings is 2. The third-order valence-corrected chi connectivity index (χ3v) is 7.22. The predicted octanol–water partition coefficient (Wildman–Crippen LogP) is 6.90. The molecule has 2 aromatic heterocycles. The Hall–Kier alpha value is -3.46. The van der Waals surface area contributed by atoms with Gasteiger partial charge in [-0.3, -0.25) is 9.78 Å². The van der Waals surface area contributed by atoms with Crippen molar-refractivity contribution in [2.24, 2.45) is 0 Å². The molecular weight excluding hydrogens is 480 g/mol. The molecule has 0 radical (unpaired) electrons. The Balaban J connectivity index is 1.61. The number of nitrogens with zero attached hydrogens (tertiary/aromatic N) is 1. The molecule has 2 aromatic carbocycles. The molecule has 1 amide bonds. The summed E-state index contributed by atoms with van der Waals surface area (Å²) in [6.07, 6.45) is 1.89. The van der Waals surface area contributed by atoms with E-state index in [1.54, 1.807) is 0 Å². The molecule has 0 unspecified atom stereocenters. The van der Waals surface area contributed by atoms with Gasteiger partial charge < -0.3 is 10.1 Å². The molecule has 0 aliphatic carbocycles. The SMILES string of the molecule is CC(C)c1c(C(=O)N[C@H]2CCOc3ccc(F)cc32)sc2c(-c3cc(F)cc(F)c3F)ccnc12. The maximum atomic E-state index is 14.6. The number of hydrogen-bond donors (Lipinski definition) is 1. The van der Waals surface area contributed by atoms with Gasteiger partial charge in [0.25, 0.3) is 5.91 Å². The Labute approximate surface area is 202 Å². The smallest absolute Gasteiger partial charge is 0.262 e. The highest BCUT2D eigenvalue weighted by molar-refractivity contribution is 7.21. The van der Waals surface area contributed by atoms with Gasteiger partial charge in [-0.05, 0) is 36.2 Å². The summed E-state index contributed by atoms with van der Waals surface area (Å²) in [5, 5.41) is 2.97. The zero-order valence-corrected chi connectivity index (χ0v) is 19.6. The number of carbonyl (C=O) groups is 1. The molecule has 9 heteroatoms. The molecule has 4 nitrogen and oxygen atoms in total. The van der Waals surface area contributed by atoms with E-state index in [1.165, 1.54) is 30.5 Å². The standard InChI is InChI=1S/C26H20F4N2O2S/c1-12(2)21-23-24(15(5-7-31-23)16-10-14(28)11-18(29)22(16)30)35-25(21)26(33)32-19-6-8-34-20-4-3-13(27)9-17(19)20/h3-5,7,9-12,19H,6,8H2,1-2H3,(H,32,33)/t19-/m0/s1. The Morgan fingerprint density at radius 1 is 1.09 bits per heavy atom. The average Bonchev–Trinajstić information content (AvgIpc) is 3.22. The highest BCUT2D eigenvalue weighted by Gasteiger charge is 2.29. The van der Waals surface area contributed by atoms with Crippen LogP contribution in [0.3, 0.4) is 0 Å². The largest absolute Gasteiger partial charge is 0.493 e. The summed E-state index contributed by atoms with van der Waals surface area (Å²) >= 11 is 1.08. The van der Waals surface area contributed by atoms with Crippen LogP contribution in [0.1, 0.15) is 53.0 Å². The number of carbonyl (C=O) groups excluding carboxylic acids is 1. The highest BCUT2D eigenvalue weighted by atomic mass is 32.1. The zero-order valence-electron chi connectivity index (χ0n) is 18.8. The number of ether oxygens (including phenoxy) is 1. The molecule has 1 N–H and O–H groups in total. The van der Waals surface area contributed by atoms with Crippen LogP contribution in [0.4, 0.5) is 17.6 Å². The number of fused-ring (bicyclic) bond motifs is 2. The molecule has 0 saturated heterocycles. The van der Waals surface area contributed by atoms with Crippen molar-refractivity contribution in [3.63, 3.8) is 0 Å². The number of amides is 1. The number of thiophene rings is 1. The second-order valence-electron chi connectivity index (χ2n) is 8.63. The van der Waals surface area contributed by atoms with E-state index in [1.807, 2.05) is 13.8 Å². The second-order valence-corrected chi connectivity index (χ2v) is 9.65. The molecule has 0 saturated carbocycles. The first-order valence-corrected chi connectivity index (χ1v) is 11.9. The van der Waals surface area contributed by atoms with Crippen molar-refractivity contribution in [1.82, 2.24) is 10.3 Å². The first-order valence-electron chi connectivity index (χ1n) is 11.0. The molecule has 1 aliphatic rings. The first kappa shape index (κ1) is 23.3. The van der Waals surface area contributed by atoms with E-state index in [9.17, 15) is 22.4 Å². The number of pyridine rings is 1. The minimum Gasteiger partial charge on any atom is -0.493 e. The van der Waals surface area contributed by atoms with Crippen molar-refractivity contribution in [1.29, 1.82) is 0 Å². The number of nitrogens with one attached hydrogen (secondary N) is 1. The van der Waals surface area contributed by atoms with Gasteiger partial charge in [0, 0.05) is 40.9 Å². The van der Waals surface area contributed by atoms with Crippen LogP contribution in [0.5, 0.6) is 5.75 Å². The predicted molar refractivity (Wildman–Crippen MR) is 126 cm³/mol. The topological polar surface area (TPSA) is 51.2 Å². The van der Waals surface area contributed by atoms with Gasteiger partial charge in [-0.15, -0.1) is 11.3 Å². The normalized spacial score (nSPS) is 15.2. The maximum Gasteiger partial charge on any atom is 0.262 e. The van der Waals surface area contributed by atoms with Crippen molar-refractivity contribution < 1.29 is 27.1 Å². The molecule has 5 rings (SSSR count). The minimum absolute atomic E-state index is 0.124. The van der Waals surface area contributed by atoms with E-state index >= 15 is 0 Å². The van der Waals surface area contributed by atoms with Crippen LogP contribution in [0, 0.1) is 23.3 Å². The van der Waals surface area contributed by atoms with Gasteiger partial charge in [-0.25, -0.2) is 17.6 Å². The van der Waals surface area contributed by atoms with E-state index < -0.39 is 35.2 Å². The summed E-state index contributed by atoms with van der Waals surface area (Å²) in [7, 11) is 0. The van der Waals surface area contributed by atoms with Crippen molar-refractivity contribution >= 4 is 27.5 Å². The lowest BCUT2D eigenvalue weighted by Crippen LogP contribution is -2.32. The van der Waals surface area contributed by atoms with Crippen molar-refractivity contribution in [2.45, 2.75) is 32.2 Å². The third-order valence-electron chi connectivity index (χ3n) is 5.99. The zero-order chi connectivity index (χ0) is 24.9. The van der Waals surface area contributed by atoms with E-state index in [4.69, 9.17) is 4.74 Å². The summed E-state index contributed by atoms with van der Waals surface area (Å²) in [5.41, 5.74) is 1.67. The monoisotopic (exact) mass is 500 g/mol. The molecule has 180 valence electrons. The maximum absolute atomic E-state index is 14.6. The molecule has 0 spiro atoms. The van der Waals surface area contributed by atoms with Crippen molar-refractivity contribution in [2.75, 3.05) is 6.61 Å². The fourth-order valence-electron chi connectivity index (χ4n) is 4.42. The third kappa shape index (κ3) is 4.14.